The van der Waals surface area contributed by atoms with Gasteiger partial charge < -0.3 is 0 Å². The Kier molecular flexibility index (Phi) is 2.25. The van der Waals surface area contributed by atoms with Gasteiger partial charge in [-0.2, -0.15) is 0 Å². The van der Waals surface area contributed by atoms with Gasteiger partial charge in [-0.05, 0) is 37.4 Å². The van der Waals surface area contributed by atoms with E-state index < -0.39 is 0 Å². The zero-order valence-electron chi connectivity index (χ0n) is 9.97. The summed E-state index contributed by atoms with van der Waals surface area (Å²) in [7, 11) is 0. The van der Waals surface area contributed by atoms with Crippen molar-refractivity contribution in [3.8, 4) is 0 Å². The van der Waals surface area contributed by atoms with Crippen molar-refractivity contribution in [3.05, 3.63) is 35.9 Å². The number of hydrogen-bond donors (Lipinski definition) is 2. The molecule has 2 bridgehead atoms. The van der Waals surface area contributed by atoms with E-state index in [1.54, 1.807) is 0 Å². The third-order valence-electron chi connectivity index (χ3n) is 4.78. The van der Waals surface area contributed by atoms with Crippen LogP contribution in [0.15, 0.2) is 30.3 Å². The first-order valence-corrected chi connectivity index (χ1v) is 6.73. The molecule has 0 radical (unpaired) electrons. The molecule has 4 heterocycles. The van der Waals surface area contributed by atoms with Gasteiger partial charge in [-0.1, -0.05) is 30.3 Å². The summed E-state index contributed by atoms with van der Waals surface area (Å²) in [4.78, 5) is 2.68. The molecule has 4 aliphatic rings. The maximum atomic E-state index is 3.55. The summed E-state index contributed by atoms with van der Waals surface area (Å²) in [5.74, 6) is 0.881. The van der Waals surface area contributed by atoms with Crippen molar-refractivity contribution >= 4 is 0 Å². The molecule has 3 nitrogen and oxygen atoms in total. The third-order valence-corrected chi connectivity index (χ3v) is 4.78. The highest BCUT2D eigenvalue weighted by molar-refractivity contribution is 5.24. The molecule has 90 valence electrons. The molecule has 1 aromatic carbocycles. The van der Waals surface area contributed by atoms with Crippen LogP contribution >= 0.6 is 0 Å². The first kappa shape index (κ1) is 10.1. The van der Waals surface area contributed by atoms with Crippen LogP contribution in [0.25, 0.3) is 0 Å². The van der Waals surface area contributed by atoms with Gasteiger partial charge in [0.25, 0.3) is 0 Å². The number of fused-ring (bicyclic) bond motifs is 2. The molecule has 0 spiro atoms. The monoisotopic (exact) mass is 229 g/mol. The molecular weight excluding hydrogens is 210 g/mol. The number of hydrogen-bond acceptors (Lipinski definition) is 3. The van der Waals surface area contributed by atoms with Crippen LogP contribution in [0, 0.1) is 5.92 Å². The van der Waals surface area contributed by atoms with E-state index in [4.69, 9.17) is 0 Å². The Hall–Kier alpha value is -0.900. The summed E-state index contributed by atoms with van der Waals surface area (Å²) in [6.45, 7) is 2.58. The van der Waals surface area contributed by atoms with Gasteiger partial charge in [0.1, 0.15) is 0 Å². The molecule has 0 amide bonds. The minimum absolute atomic E-state index is 0.462. The van der Waals surface area contributed by atoms with Gasteiger partial charge in [0.2, 0.25) is 0 Å². The lowest BCUT2D eigenvalue weighted by molar-refractivity contribution is 0.0293. The van der Waals surface area contributed by atoms with E-state index >= 15 is 0 Å². The Morgan fingerprint density at radius 1 is 1.00 bits per heavy atom. The lowest BCUT2D eigenvalue weighted by Gasteiger charge is -2.48. The van der Waals surface area contributed by atoms with Crippen LogP contribution in [0.5, 0.6) is 0 Å². The lowest BCUT2D eigenvalue weighted by atomic mass is 9.76. The average Bonchev–Trinajstić information content (AvgIpc) is 2.88. The first-order chi connectivity index (χ1) is 8.43. The van der Waals surface area contributed by atoms with E-state index in [0.717, 1.165) is 5.92 Å². The van der Waals surface area contributed by atoms with Crippen LogP contribution in [0.1, 0.15) is 24.4 Å². The van der Waals surface area contributed by atoms with Crippen molar-refractivity contribution < 1.29 is 0 Å². The van der Waals surface area contributed by atoms with E-state index in [9.17, 15) is 0 Å². The van der Waals surface area contributed by atoms with Crippen LogP contribution < -0.4 is 10.9 Å². The molecule has 4 fully saturated rings. The van der Waals surface area contributed by atoms with Gasteiger partial charge in [0, 0.05) is 12.1 Å². The predicted octanol–water partition coefficient (Wildman–Crippen LogP) is 1.30. The molecule has 3 unspecified atom stereocenters. The molecule has 4 aliphatic heterocycles. The molecule has 3 atom stereocenters. The summed E-state index contributed by atoms with van der Waals surface area (Å²) >= 11 is 0. The third kappa shape index (κ3) is 1.46. The fourth-order valence-electron chi connectivity index (χ4n) is 3.92. The van der Waals surface area contributed by atoms with Crippen molar-refractivity contribution in [2.75, 3.05) is 13.1 Å². The van der Waals surface area contributed by atoms with E-state index in [1.807, 2.05) is 0 Å². The zero-order chi connectivity index (χ0) is 11.2. The van der Waals surface area contributed by atoms with Crippen molar-refractivity contribution in [1.82, 2.24) is 15.8 Å². The van der Waals surface area contributed by atoms with Crippen LogP contribution in [0.2, 0.25) is 0 Å². The van der Waals surface area contributed by atoms with E-state index in [0.29, 0.717) is 18.1 Å². The molecule has 5 rings (SSSR count). The molecule has 0 aliphatic carbocycles. The fraction of sp³-hybridized carbons (Fsp3) is 0.571. The largest absolute Gasteiger partial charge is 0.297 e. The number of nitrogens with one attached hydrogen (secondary N) is 2. The van der Waals surface area contributed by atoms with Gasteiger partial charge in [-0.25, -0.2) is 5.43 Å². The van der Waals surface area contributed by atoms with Gasteiger partial charge >= 0.3 is 0 Å². The standard InChI is InChI=1S/C14H19N3/c1-2-4-10(5-3-1)12-14-13(16-15-12)11-6-8-17(14)9-7-11/h1-5,11-16H,6-9H2. The Morgan fingerprint density at radius 3 is 2.53 bits per heavy atom. The topological polar surface area (TPSA) is 27.3 Å². The predicted molar refractivity (Wildman–Crippen MR) is 67.3 cm³/mol. The average molecular weight is 229 g/mol. The summed E-state index contributed by atoms with van der Waals surface area (Å²) in [5, 5.41) is 0. The van der Waals surface area contributed by atoms with Crippen LogP contribution in [0.3, 0.4) is 0 Å². The quantitative estimate of drug-likeness (QED) is 0.760. The SMILES string of the molecule is c1ccc(C2NNC3C4CCN(CC4)C23)cc1. The minimum Gasteiger partial charge on any atom is -0.297 e. The highest BCUT2D eigenvalue weighted by Crippen LogP contribution is 2.40. The molecule has 3 heteroatoms. The van der Waals surface area contributed by atoms with Crippen molar-refractivity contribution in [3.63, 3.8) is 0 Å². The van der Waals surface area contributed by atoms with E-state index in [-0.39, 0.29) is 0 Å². The van der Waals surface area contributed by atoms with Crippen molar-refractivity contribution in [2.45, 2.75) is 31.0 Å². The second-order valence-corrected chi connectivity index (χ2v) is 5.57. The van der Waals surface area contributed by atoms with Crippen LogP contribution in [-0.2, 0) is 0 Å². The second-order valence-electron chi connectivity index (χ2n) is 5.57. The summed E-state index contributed by atoms with van der Waals surface area (Å²) in [5.41, 5.74) is 8.49. The number of rotatable bonds is 1. The molecule has 17 heavy (non-hydrogen) atoms. The Morgan fingerprint density at radius 2 is 1.76 bits per heavy atom. The Bertz CT molecular complexity index is 397. The number of benzene rings is 1. The number of piperidine rings is 3. The normalized spacial score (nSPS) is 43.6. The van der Waals surface area contributed by atoms with Crippen molar-refractivity contribution in [2.24, 2.45) is 5.92 Å². The van der Waals surface area contributed by atoms with Crippen LogP contribution in [-0.4, -0.2) is 30.1 Å². The number of nitrogens with zero attached hydrogens (tertiary/aromatic N) is 1. The molecule has 1 aromatic rings. The first-order valence-electron chi connectivity index (χ1n) is 6.73. The molecule has 4 saturated heterocycles. The minimum atomic E-state index is 0.462. The van der Waals surface area contributed by atoms with Crippen molar-refractivity contribution in [1.29, 1.82) is 0 Å². The van der Waals surface area contributed by atoms with E-state index in [2.05, 4.69) is 46.1 Å². The molecule has 0 saturated carbocycles. The Labute approximate surface area is 102 Å². The van der Waals surface area contributed by atoms with Gasteiger partial charge in [0.15, 0.2) is 0 Å². The molecular formula is C14H19N3. The van der Waals surface area contributed by atoms with Crippen LogP contribution in [0.4, 0.5) is 0 Å². The summed E-state index contributed by atoms with van der Waals surface area (Å²) < 4.78 is 0. The smallest absolute Gasteiger partial charge is 0.0633 e. The summed E-state index contributed by atoms with van der Waals surface area (Å²) in [6.07, 6.45) is 2.74. The fourth-order valence-corrected chi connectivity index (χ4v) is 3.92. The molecule has 2 N–H and O–H groups in total. The maximum absolute atomic E-state index is 3.55. The van der Waals surface area contributed by atoms with Gasteiger partial charge in [0.05, 0.1) is 6.04 Å². The Balaban J connectivity index is 1.67. The number of hydrazine groups is 1. The van der Waals surface area contributed by atoms with Gasteiger partial charge in [-0.15, -0.1) is 0 Å². The second kappa shape index (κ2) is 3.80. The highest BCUT2D eigenvalue weighted by atomic mass is 15.5. The highest BCUT2D eigenvalue weighted by Gasteiger charge is 2.49. The summed E-state index contributed by atoms with van der Waals surface area (Å²) in [6, 6.07) is 12.6. The lowest BCUT2D eigenvalue weighted by Crippen LogP contribution is -2.59. The van der Waals surface area contributed by atoms with E-state index in [1.165, 1.54) is 31.5 Å². The van der Waals surface area contributed by atoms with Gasteiger partial charge in [-0.3, -0.25) is 10.3 Å². The molecule has 0 aromatic heterocycles. The maximum Gasteiger partial charge on any atom is 0.0633 e. The zero-order valence-corrected chi connectivity index (χ0v) is 9.97.